The smallest absolute Gasteiger partial charge is 0.129 e. The molecule has 0 saturated heterocycles. The first kappa shape index (κ1) is 19.9. The summed E-state index contributed by atoms with van der Waals surface area (Å²) in [6.07, 6.45) is 2.32. The molecule has 2 rings (SSSR count). The molecule has 0 atom stereocenters. The first-order valence-corrected chi connectivity index (χ1v) is 8.35. The van der Waals surface area contributed by atoms with Gasteiger partial charge < -0.3 is 10.1 Å². The van der Waals surface area contributed by atoms with Crippen LogP contribution in [-0.4, -0.2) is 6.54 Å². The standard InChI is InChI=1S/C18H21BrFNO.ClH/c1-2-3-10-21-12-15-11-16(19)8-9-18(15)22-13-14-6-4-5-7-17(14)20;/h4-9,11,21H,2-3,10,12-13H2,1H3;1H. The van der Waals surface area contributed by atoms with Gasteiger partial charge in [-0.3, -0.25) is 0 Å². The molecule has 0 aliphatic rings. The minimum absolute atomic E-state index is 0. The van der Waals surface area contributed by atoms with Gasteiger partial charge in [-0.15, -0.1) is 12.4 Å². The summed E-state index contributed by atoms with van der Waals surface area (Å²) < 4.78 is 20.5. The van der Waals surface area contributed by atoms with Crippen molar-refractivity contribution in [2.75, 3.05) is 6.54 Å². The van der Waals surface area contributed by atoms with Crippen molar-refractivity contribution in [2.24, 2.45) is 0 Å². The van der Waals surface area contributed by atoms with Gasteiger partial charge in [0.15, 0.2) is 0 Å². The van der Waals surface area contributed by atoms with E-state index in [1.807, 2.05) is 24.3 Å². The van der Waals surface area contributed by atoms with E-state index < -0.39 is 0 Å². The fourth-order valence-corrected chi connectivity index (χ4v) is 2.53. The average molecular weight is 403 g/mol. The van der Waals surface area contributed by atoms with Crippen LogP contribution in [0.2, 0.25) is 0 Å². The molecule has 0 aromatic heterocycles. The van der Waals surface area contributed by atoms with Crippen molar-refractivity contribution in [2.45, 2.75) is 32.9 Å². The molecule has 0 spiro atoms. The van der Waals surface area contributed by atoms with Crippen molar-refractivity contribution in [3.63, 3.8) is 0 Å². The Labute approximate surface area is 152 Å². The summed E-state index contributed by atoms with van der Waals surface area (Å²) in [5.41, 5.74) is 1.64. The number of benzene rings is 2. The molecule has 0 unspecified atom stereocenters. The number of unbranched alkanes of at least 4 members (excludes halogenated alkanes) is 1. The van der Waals surface area contributed by atoms with Crippen LogP contribution in [0.3, 0.4) is 0 Å². The highest BCUT2D eigenvalue weighted by Crippen LogP contribution is 2.24. The third-order valence-electron chi connectivity index (χ3n) is 3.39. The van der Waals surface area contributed by atoms with E-state index in [0.717, 1.165) is 35.3 Å². The lowest BCUT2D eigenvalue weighted by atomic mass is 10.2. The summed E-state index contributed by atoms with van der Waals surface area (Å²) in [5, 5.41) is 3.40. The highest BCUT2D eigenvalue weighted by molar-refractivity contribution is 9.10. The Kier molecular flexibility index (Phi) is 9.22. The van der Waals surface area contributed by atoms with Gasteiger partial charge in [-0.2, -0.15) is 0 Å². The summed E-state index contributed by atoms with van der Waals surface area (Å²) in [5.74, 6) is 0.553. The monoisotopic (exact) mass is 401 g/mol. The Morgan fingerprint density at radius 3 is 2.65 bits per heavy atom. The zero-order valence-electron chi connectivity index (χ0n) is 13.1. The van der Waals surface area contributed by atoms with Crippen LogP contribution in [0.4, 0.5) is 4.39 Å². The van der Waals surface area contributed by atoms with E-state index in [1.54, 1.807) is 12.1 Å². The molecule has 2 aromatic carbocycles. The Morgan fingerprint density at radius 2 is 1.91 bits per heavy atom. The van der Waals surface area contributed by atoms with Crippen LogP contribution < -0.4 is 10.1 Å². The Balaban J connectivity index is 0.00000264. The molecule has 2 aromatic rings. The summed E-state index contributed by atoms with van der Waals surface area (Å²) in [6, 6.07) is 12.6. The van der Waals surface area contributed by atoms with E-state index in [4.69, 9.17) is 4.74 Å². The van der Waals surface area contributed by atoms with Crippen LogP contribution in [0.15, 0.2) is 46.9 Å². The molecule has 0 radical (unpaired) electrons. The van der Waals surface area contributed by atoms with Gasteiger partial charge in [0.05, 0.1) is 0 Å². The number of rotatable bonds is 8. The van der Waals surface area contributed by atoms with E-state index in [-0.39, 0.29) is 24.8 Å². The molecule has 23 heavy (non-hydrogen) atoms. The molecular weight excluding hydrogens is 381 g/mol. The summed E-state index contributed by atoms with van der Waals surface area (Å²) in [7, 11) is 0. The normalized spacial score (nSPS) is 10.2. The van der Waals surface area contributed by atoms with E-state index in [0.29, 0.717) is 5.56 Å². The fourth-order valence-electron chi connectivity index (χ4n) is 2.12. The largest absolute Gasteiger partial charge is 0.488 e. The van der Waals surface area contributed by atoms with Crippen LogP contribution >= 0.6 is 28.3 Å². The molecule has 0 fully saturated rings. The quantitative estimate of drug-likeness (QED) is 0.590. The number of hydrogen-bond donors (Lipinski definition) is 1. The maximum absolute atomic E-state index is 13.6. The average Bonchev–Trinajstić information content (AvgIpc) is 2.52. The third kappa shape index (κ3) is 6.50. The maximum atomic E-state index is 13.6. The molecule has 1 N–H and O–H groups in total. The molecule has 5 heteroatoms. The van der Waals surface area contributed by atoms with Crippen LogP contribution in [-0.2, 0) is 13.2 Å². The van der Waals surface area contributed by atoms with Gasteiger partial charge in [-0.05, 0) is 37.2 Å². The predicted octanol–water partition coefficient (Wildman–Crippen LogP) is 5.48. The predicted molar refractivity (Wildman–Crippen MR) is 98.7 cm³/mol. The lowest BCUT2D eigenvalue weighted by molar-refractivity contribution is 0.296. The van der Waals surface area contributed by atoms with E-state index in [1.165, 1.54) is 12.5 Å². The highest BCUT2D eigenvalue weighted by Gasteiger charge is 2.07. The number of hydrogen-bond acceptors (Lipinski definition) is 2. The summed E-state index contributed by atoms with van der Waals surface area (Å²) >= 11 is 3.48. The van der Waals surface area contributed by atoms with Crippen molar-refractivity contribution in [3.05, 3.63) is 63.9 Å². The van der Waals surface area contributed by atoms with Gasteiger partial charge in [0.2, 0.25) is 0 Å². The molecule has 126 valence electrons. The van der Waals surface area contributed by atoms with E-state index in [2.05, 4.69) is 28.2 Å². The number of halogens is 3. The van der Waals surface area contributed by atoms with Gasteiger partial charge in [0.1, 0.15) is 18.2 Å². The van der Waals surface area contributed by atoms with Gasteiger partial charge in [-0.1, -0.05) is 47.5 Å². The minimum atomic E-state index is -0.234. The van der Waals surface area contributed by atoms with Gasteiger partial charge in [0.25, 0.3) is 0 Å². The van der Waals surface area contributed by atoms with Crippen molar-refractivity contribution in [3.8, 4) is 5.75 Å². The summed E-state index contributed by atoms with van der Waals surface area (Å²) in [6.45, 7) is 4.13. The fraction of sp³-hybridized carbons (Fsp3) is 0.333. The lowest BCUT2D eigenvalue weighted by Crippen LogP contribution is -2.15. The molecule has 0 bridgehead atoms. The van der Waals surface area contributed by atoms with Crippen LogP contribution in [0.1, 0.15) is 30.9 Å². The van der Waals surface area contributed by atoms with Gasteiger partial charge in [-0.25, -0.2) is 4.39 Å². The molecule has 0 heterocycles. The minimum Gasteiger partial charge on any atom is -0.488 e. The third-order valence-corrected chi connectivity index (χ3v) is 3.88. The van der Waals surface area contributed by atoms with Crippen LogP contribution in [0.5, 0.6) is 5.75 Å². The van der Waals surface area contributed by atoms with Crippen LogP contribution in [0.25, 0.3) is 0 Å². The second kappa shape index (κ2) is 10.6. The Bertz CT molecular complexity index is 609. The van der Waals surface area contributed by atoms with E-state index >= 15 is 0 Å². The zero-order chi connectivity index (χ0) is 15.8. The van der Waals surface area contributed by atoms with Gasteiger partial charge >= 0.3 is 0 Å². The first-order chi connectivity index (χ1) is 10.7. The first-order valence-electron chi connectivity index (χ1n) is 7.56. The number of nitrogens with one attached hydrogen (secondary N) is 1. The molecule has 0 aliphatic heterocycles. The second-order valence-electron chi connectivity index (χ2n) is 5.16. The topological polar surface area (TPSA) is 21.3 Å². The SMILES string of the molecule is CCCCNCc1cc(Br)ccc1OCc1ccccc1F.Cl. The van der Waals surface area contributed by atoms with Crippen molar-refractivity contribution in [1.29, 1.82) is 0 Å². The van der Waals surface area contributed by atoms with E-state index in [9.17, 15) is 4.39 Å². The molecular formula is C18H22BrClFNO. The van der Waals surface area contributed by atoms with Crippen molar-refractivity contribution >= 4 is 28.3 Å². The summed E-state index contributed by atoms with van der Waals surface area (Å²) in [4.78, 5) is 0. The number of ether oxygens (including phenoxy) is 1. The lowest BCUT2D eigenvalue weighted by Gasteiger charge is -2.13. The highest BCUT2D eigenvalue weighted by atomic mass is 79.9. The maximum Gasteiger partial charge on any atom is 0.129 e. The Hall–Kier alpha value is -1.10. The van der Waals surface area contributed by atoms with Crippen molar-refractivity contribution < 1.29 is 9.13 Å². The molecule has 0 aliphatic carbocycles. The van der Waals surface area contributed by atoms with Crippen molar-refractivity contribution in [1.82, 2.24) is 5.32 Å². The molecule has 2 nitrogen and oxygen atoms in total. The zero-order valence-corrected chi connectivity index (χ0v) is 15.6. The van der Waals surface area contributed by atoms with Gasteiger partial charge in [0, 0.05) is 22.1 Å². The molecule has 0 saturated carbocycles. The molecule has 0 amide bonds. The second-order valence-corrected chi connectivity index (χ2v) is 6.08. The Morgan fingerprint density at radius 1 is 1.13 bits per heavy atom. The van der Waals surface area contributed by atoms with Crippen LogP contribution in [0, 0.1) is 5.82 Å².